The summed E-state index contributed by atoms with van der Waals surface area (Å²) in [5.74, 6) is -2.59. The first-order valence-corrected chi connectivity index (χ1v) is 7.15. The minimum atomic E-state index is -1.95. The van der Waals surface area contributed by atoms with Gasteiger partial charge in [-0.2, -0.15) is 0 Å². The average Bonchev–Trinajstić information content (AvgIpc) is 2.99. The number of aromatic nitrogens is 4. The Bertz CT molecular complexity index is 739. The summed E-state index contributed by atoms with van der Waals surface area (Å²) in [6, 6.07) is 6.14. The van der Waals surface area contributed by atoms with Gasteiger partial charge in [0.1, 0.15) is 0 Å². The molecule has 0 spiro atoms. The lowest BCUT2D eigenvalue weighted by molar-refractivity contribution is -0.189. The van der Waals surface area contributed by atoms with Crippen molar-refractivity contribution in [2.75, 3.05) is 0 Å². The second-order valence-corrected chi connectivity index (χ2v) is 6.24. The molecule has 2 rings (SSSR count). The van der Waals surface area contributed by atoms with Crippen LogP contribution in [-0.4, -0.2) is 48.4 Å². The zero-order valence-corrected chi connectivity index (χ0v) is 13.5. The molecule has 9 heteroatoms. The standard InChI is InChI=1S/C15H18N4O5/c1-14(2,3)24-15(13(22)23,12-16-18-19-17-12)8-9-6-4-5-7-10(9)11(20)21/h4-7H,8H2,1-3H3,(H,20,21)(H,22,23)(H,16,17,18,19). The van der Waals surface area contributed by atoms with Crippen LogP contribution in [0.5, 0.6) is 0 Å². The van der Waals surface area contributed by atoms with Crippen molar-refractivity contribution in [1.29, 1.82) is 0 Å². The zero-order valence-electron chi connectivity index (χ0n) is 13.5. The van der Waals surface area contributed by atoms with Crippen molar-refractivity contribution >= 4 is 11.9 Å². The third-order valence-electron chi connectivity index (χ3n) is 3.24. The number of hydrogen-bond acceptors (Lipinski definition) is 6. The highest BCUT2D eigenvalue weighted by molar-refractivity contribution is 5.90. The molecular weight excluding hydrogens is 316 g/mol. The van der Waals surface area contributed by atoms with Gasteiger partial charge in [-0.05, 0) is 42.8 Å². The van der Waals surface area contributed by atoms with E-state index < -0.39 is 23.1 Å². The number of aromatic carboxylic acids is 1. The fraction of sp³-hybridized carbons (Fsp3) is 0.400. The van der Waals surface area contributed by atoms with E-state index in [2.05, 4.69) is 20.6 Å². The molecule has 0 aliphatic heterocycles. The molecule has 1 aromatic carbocycles. The molecule has 0 aliphatic rings. The van der Waals surface area contributed by atoms with E-state index >= 15 is 0 Å². The van der Waals surface area contributed by atoms with Gasteiger partial charge in [0.2, 0.25) is 5.60 Å². The second-order valence-electron chi connectivity index (χ2n) is 6.24. The highest BCUT2D eigenvalue weighted by Crippen LogP contribution is 2.33. The fourth-order valence-corrected chi connectivity index (χ4v) is 2.39. The molecule has 128 valence electrons. The Balaban J connectivity index is 2.59. The predicted octanol–water partition coefficient (Wildman–Crippen LogP) is 1.24. The van der Waals surface area contributed by atoms with Crippen LogP contribution in [0.4, 0.5) is 0 Å². The molecule has 24 heavy (non-hydrogen) atoms. The Morgan fingerprint density at radius 3 is 2.38 bits per heavy atom. The number of ether oxygens (including phenoxy) is 1. The summed E-state index contributed by atoms with van der Waals surface area (Å²) < 4.78 is 5.80. The first kappa shape index (κ1) is 17.5. The third kappa shape index (κ3) is 3.57. The van der Waals surface area contributed by atoms with Crippen molar-refractivity contribution in [2.24, 2.45) is 0 Å². The largest absolute Gasteiger partial charge is 0.479 e. The van der Waals surface area contributed by atoms with Gasteiger partial charge in [-0.15, -0.1) is 5.10 Å². The van der Waals surface area contributed by atoms with Crippen LogP contribution in [0.2, 0.25) is 0 Å². The number of H-pyrrole nitrogens is 1. The zero-order chi connectivity index (χ0) is 18.0. The van der Waals surface area contributed by atoms with Gasteiger partial charge in [0.15, 0.2) is 5.82 Å². The summed E-state index contributed by atoms with van der Waals surface area (Å²) in [7, 11) is 0. The van der Waals surface area contributed by atoms with Crippen molar-refractivity contribution < 1.29 is 24.5 Å². The van der Waals surface area contributed by atoms with Crippen LogP contribution in [0.25, 0.3) is 0 Å². The lowest BCUT2D eigenvalue weighted by Crippen LogP contribution is -2.47. The van der Waals surface area contributed by atoms with E-state index in [1.165, 1.54) is 12.1 Å². The number of carboxylic acid groups (broad SMARTS) is 2. The number of hydrogen-bond donors (Lipinski definition) is 3. The summed E-state index contributed by atoms with van der Waals surface area (Å²) in [5, 5.41) is 32.1. The summed E-state index contributed by atoms with van der Waals surface area (Å²) in [6.07, 6.45) is -0.251. The minimum Gasteiger partial charge on any atom is -0.479 e. The number of carboxylic acids is 2. The number of nitrogens with zero attached hydrogens (tertiary/aromatic N) is 3. The van der Waals surface area contributed by atoms with E-state index in [4.69, 9.17) is 4.74 Å². The number of nitrogens with one attached hydrogen (secondary N) is 1. The number of aromatic amines is 1. The molecule has 0 saturated heterocycles. The highest BCUT2D eigenvalue weighted by Gasteiger charge is 2.48. The Hall–Kier alpha value is -2.81. The van der Waals surface area contributed by atoms with Crippen LogP contribution in [0.3, 0.4) is 0 Å². The van der Waals surface area contributed by atoms with E-state index in [1.807, 2.05) is 0 Å². The molecule has 9 nitrogen and oxygen atoms in total. The van der Waals surface area contributed by atoms with E-state index in [0.717, 1.165) is 0 Å². The van der Waals surface area contributed by atoms with Gasteiger partial charge in [-0.1, -0.05) is 18.2 Å². The molecule has 1 unspecified atom stereocenters. The number of rotatable bonds is 6. The van der Waals surface area contributed by atoms with Gasteiger partial charge in [0.05, 0.1) is 11.2 Å². The van der Waals surface area contributed by atoms with Crippen molar-refractivity contribution in [3.8, 4) is 0 Å². The van der Waals surface area contributed by atoms with Crippen LogP contribution in [-0.2, 0) is 21.6 Å². The lowest BCUT2D eigenvalue weighted by Gasteiger charge is -2.34. The Labute approximate surface area is 137 Å². The Morgan fingerprint density at radius 1 is 1.21 bits per heavy atom. The van der Waals surface area contributed by atoms with Gasteiger partial charge in [0, 0.05) is 6.42 Å². The number of benzene rings is 1. The molecule has 1 aromatic heterocycles. The van der Waals surface area contributed by atoms with Crippen LogP contribution < -0.4 is 0 Å². The molecule has 0 radical (unpaired) electrons. The topological polar surface area (TPSA) is 138 Å². The van der Waals surface area contributed by atoms with Crippen molar-refractivity contribution in [2.45, 2.75) is 38.4 Å². The van der Waals surface area contributed by atoms with Gasteiger partial charge >= 0.3 is 11.9 Å². The van der Waals surface area contributed by atoms with Gasteiger partial charge in [-0.3, -0.25) is 0 Å². The van der Waals surface area contributed by atoms with E-state index in [9.17, 15) is 19.8 Å². The summed E-state index contributed by atoms with van der Waals surface area (Å²) in [4.78, 5) is 23.5. The van der Waals surface area contributed by atoms with Gasteiger partial charge < -0.3 is 14.9 Å². The maximum Gasteiger partial charge on any atom is 0.344 e. The molecular formula is C15H18N4O5. The molecule has 1 heterocycles. The molecule has 2 aromatic rings. The Kier molecular flexibility index (Phi) is 4.65. The molecule has 0 aliphatic carbocycles. The van der Waals surface area contributed by atoms with Crippen molar-refractivity contribution in [3.05, 3.63) is 41.2 Å². The van der Waals surface area contributed by atoms with E-state index in [0.29, 0.717) is 5.56 Å². The maximum atomic E-state index is 12.1. The first-order valence-electron chi connectivity index (χ1n) is 7.15. The van der Waals surface area contributed by atoms with E-state index in [1.54, 1.807) is 32.9 Å². The van der Waals surface area contributed by atoms with Crippen molar-refractivity contribution in [3.63, 3.8) is 0 Å². The van der Waals surface area contributed by atoms with Crippen LogP contribution in [0, 0.1) is 0 Å². The summed E-state index contributed by atoms with van der Waals surface area (Å²) >= 11 is 0. The van der Waals surface area contributed by atoms with Gasteiger partial charge in [0.25, 0.3) is 0 Å². The van der Waals surface area contributed by atoms with Crippen LogP contribution in [0.1, 0.15) is 42.5 Å². The summed E-state index contributed by atoms with van der Waals surface area (Å²) in [5.41, 5.74) is -2.50. The maximum absolute atomic E-state index is 12.1. The number of carbonyl (C=O) groups is 2. The monoisotopic (exact) mass is 334 g/mol. The third-order valence-corrected chi connectivity index (χ3v) is 3.24. The summed E-state index contributed by atoms with van der Waals surface area (Å²) in [6.45, 7) is 5.08. The lowest BCUT2D eigenvalue weighted by atomic mass is 9.89. The second kappa shape index (κ2) is 6.36. The predicted molar refractivity (Wildman–Crippen MR) is 81.4 cm³/mol. The smallest absolute Gasteiger partial charge is 0.344 e. The van der Waals surface area contributed by atoms with Crippen LogP contribution >= 0.6 is 0 Å². The average molecular weight is 334 g/mol. The molecule has 0 fully saturated rings. The minimum absolute atomic E-state index is 0.00638. The quantitative estimate of drug-likeness (QED) is 0.717. The highest BCUT2D eigenvalue weighted by atomic mass is 16.5. The first-order chi connectivity index (χ1) is 11.2. The molecule has 0 saturated carbocycles. The number of tetrazole rings is 1. The van der Waals surface area contributed by atoms with E-state index in [-0.39, 0.29) is 17.8 Å². The fourth-order valence-electron chi connectivity index (χ4n) is 2.39. The number of aliphatic carboxylic acids is 1. The normalized spacial score (nSPS) is 14.1. The Morgan fingerprint density at radius 2 is 1.88 bits per heavy atom. The molecule has 3 N–H and O–H groups in total. The van der Waals surface area contributed by atoms with Crippen molar-refractivity contribution in [1.82, 2.24) is 20.6 Å². The molecule has 1 atom stereocenters. The SMILES string of the molecule is CC(C)(C)OC(Cc1ccccc1C(=O)O)(C(=O)O)c1nnn[nH]1. The molecule has 0 amide bonds. The van der Waals surface area contributed by atoms with Gasteiger partial charge in [-0.25, -0.2) is 14.7 Å². The van der Waals surface area contributed by atoms with Crippen LogP contribution in [0.15, 0.2) is 24.3 Å². The molecule has 0 bridgehead atoms.